The summed E-state index contributed by atoms with van der Waals surface area (Å²) in [5, 5.41) is 34.0. The van der Waals surface area contributed by atoms with E-state index in [-0.39, 0.29) is 36.1 Å². The van der Waals surface area contributed by atoms with E-state index in [0.29, 0.717) is 0 Å². The van der Waals surface area contributed by atoms with E-state index in [1.807, 2.05) is 0 Å². The number of aliphatic hydroxyl groups is 2. The normalized spacial score (nSPS) is 13.1. The SMILES string of the molecule is CCOC(=O)c1cn(/N=N/n2cc(C(=O)OCC)c(OC(C)O)n2)nc1OC(C)O. The standard InChI is InChI=1S/C16H22N6O8/c1-5-27-15(25)11-7-21(17-13(11)29-9(3)23)19-20-22-8-12(16(26)28-6-2)14(18-22)30-10(4)24/h7-10,23-24H,5-6H2,1-4H3/b20-19+. The van der Waals surface area contributed by atoms with Gasteiger partial charge in [-0.2, -0.15) is 0 Å². The smallest absolute Gasteiger partial charge is 0.345 e. The molecule has 2 N–H and O–H groups in total. The Balaban J connectivity index is 2.31. The Morgan fingerprint density at radius 1 is 0.900 bits per heavy atom. The molecule has 0 aromatic carbocycles. The largest absolute Gasteiger partial charge is 0.462 e. The van der Waals surface area contributed by atoms with Crippen LogP contribution in [0.1, 0.15) is 48.4 Å². The third kappa shape index (κ3) is 5.99. The van der Waals surface area contributed by atoms with Gasteiger partial charge in [-0.15, -0.1) is 19.8 Å². The molecule has 30 heavy (non-hydrogen) atoms. The van der Waals surface area contributed by atoms with Gasteiger partial charge in [0.25, 0.3) is 11.8 Å². The molecule has 0 saturated carbocycles. The molecule has 2 rings (SSSR count). The van der Waals surface area contributed by atoms with Crippen LogP contribution in [0, 0.1) is 0 Å². The summed E-state index contributed by atoms with van der Waals surface area (Å²) in [6.07, 6.45) is -0.140. The van der Waals surface area contributed by atoms with E-state index < -0.39 is 24.5 Å². The van der Waals surface area contributed by atoms with Crippen molar-refractivity contribution in [2.45, 2.75) is 40.3 Å². The second kappa shape index (κ2) is 10.3. The Hall–Kier alpha value is -3.52. The number of aliphatic hydroxyl groups excluding tert-OH is 2. The van der Waals surface area contributed by atoms with Gasteiger partial charge in [0.15, 0.2) is 12.6 Å². The zero-order valence-corrected chi connectivity index (χ0v) is 16.8. The first-order valence-electron chi connectivity index (χ1n) is 8.90. The van der Waals surface area contributed by atoms with Crippen LogP contribution in [0.5, 0.6) is 11.8 Å². The highest BCUT2D eigenvalue weighted by atomic mass is 16.6. The first-order chi connectivity index (χ1) is 14.2. The molecule has 0 amide bonds. The monoisotopic (exact) mass is 426 g/mol. The zero-order chi connectivity index (χ0) is 22.3. The van der Waals surface area contributed by atoms with Crippen molar-refractivity contribution < 1.29 is 38.7 Å². The summed E-state index contributed by atoms with van der Waals surface area (Å²) in [4.78, 5) is 25.8. The van der Waals surface area contributed by atoms with E-state index in [2.05, 4.69) is 20.6 Å². The summed E-state index contributed by atoms with van der Waals surface area (Å²) >= 11 is 0. The Bertz CT molecular complexity index is 831. The van der Waals surface area contributed by atoms with Gasteiger partial charge < -0.3 is 29.2 Å². The highest BCUT2D eigenvalue weighted by Crippen LogP contribution is 2.20. The van der Waals surface area contributed by atoms with E-state index in [1.165, 1.54) is 26.2 Å². The molecule has 0 fully saturated rings. The molecule has 2 heterocycles. The second-order valence-electron chi connectivity index (χ2n) is 5.59. The van der Waals surface area contributed by atoms with Crippen LogP contribution in [0.4, 0.5) is 0 Å². The number of ether oxygens (including phenoxy) is 4. The molecule has 14 nitrogen and oxygen atoms in total. The second-order valence-corrected chi connectivity index (χ2v) is 5.59. The van der Waals surface area contributed by atoms with Crippen molar-refractivity contribution in [1.29, 1.82) is 0 Å². The maximum Gasteiger partial charge on any atom is 0.345 e. The molecule has 0 aliphatic carbocycles. The van der Waals surface area contributed by atoms with Crippen LogP contribution in [0.2, 0.25) is 0 Å². The van der Waals surface area contributed by atoms with Crippen LogP contribution in [-0.4, -0.2) is 67.7 Å². The molecule has 0 spiro atoms. The maximum atomic E-state index is 12.0. The minimum atomic E-state index is -1.24. The van der Waals surface area contributed by atoms with Crippen LogP contribution in [0.15, 0.2) is 22.8 Å². The van der Waals surface area contributed by atoms with E-state index in [4.69, 9.17) is 18.9 Å². The highest BCUT2D eigenvalue weighted by Gasteiger charge is 2.22. The minimum absolute atomic E-state index is 0.0810. The lowest BCUT2D eigenvalue weighted by molar-refractivity contribution is -0.00619. The predicted molar refractivity (Wildman–Crippen MR) is 96.6 cm³/mol. The van der Waals surface area contributed by atoms with Gasteiger partial charge in [0.05, 0.1) is 25.6 Å². The van der Waals surface area contributed by atoms with E-state index in [0.717, 1.165) is 9.58 Å². The molecule has 2 unspecified atom stereocenters. The van der Waals surface area contributed by atoms with Crippen molar-refractivity contribution in [2.75, 3.05) is 13.2 Å². The summed E-state index contributed by atoms with van der Waals surface area (Å²) in [7, 11) is 0. The lowest BCUT2D eigenvalue weighted by atomic mass is 10.3. The molecule has 0 saturated heterocycles. The Kier molecular flexibility index (Phi) is 7.83. The van der Waals surface area contributed by atoms with Gasteiger partial charge in [0, 0.05) is 0 Å². The number of nitrogens with zero attached hydrogens (tertiary/aromatic N) is 6. The number of carbonyl (C=O) groups is 2. The molecular formula is C16H22N6O8. The molecule has 0 aliphatic heterocycles. The van der Waals surface area contributed by atoms with Crippen molar-refractivity contribution in [3.8, 4) is 11.8 Å². The van der Waals surface area contributed by atoms with Gasteiger partial charge >= 0.3 is 11.9 Å². The fraction of sp³-hybridized carbons (Fsp3) is 0.500. The topological polar surface area (TPSA) is 172 Å². The Morgan fingerprint density at radius 3 is 1.57 bits per heavy atom. The number of esters is 2. The molecule has 164 valence electrons. The van der Waals surface area contributed by atoms with Crippen molar-refractivity contribution in [1.82, 2.24) is 19.8 Å². The van der Waals surface area contributed by atoms with Crippen molar-refractivity contribution in [3.05, 3.63) is 23.5 Å². The van der Waals surface area contributed by atoms with Crippen molar-refractivity contribution in [3.63, 3.8) is 0 Å². The van der Waals surface area contributed by atoms with Crippen LogP contribution < -0.4 is 9.47 Å². The number of carbonyl (C=O) groups excluding carboxylic acids is 2. The third-order valence-corrected chi connectivity index (χ3v) is 3.11. The van der Waals surface area contributed by atoms with Gasteiger partial charge in [0.2, 0.25) is 0 Å². The molecule has 0 radical (unpaired) electrons. The first-order valence-corrected chi connectivity index (χ1v) is 8.90. The molecule has 0 bridgehead atoms. The summed E-state index contributed by atoms with van der Waals surface area (Å²) < 4.78 is 19.9. The Morgan fingerprint density at radius 2 is 1.27 bits per heavy atom. The summed E-state index contributed by atoms with van der Waals surface area (Å²) in [6, 6.07) is 0. The third-order valence-electron chi connectivity index (χ3n) is 3.11. The van der Waals surface area contributed by atoms with E-state index >= 15 is 0 Å². The van der Waals surface area contributed by atoms with Crippen molar-refractivity contribution >= 4 is 11.9 Å². The fourth-order valence-electron chi connectivity index (χ4n) is 2.06. The van der Waals surface area contributed by atoms with Gasteiger partial charge in [-0.25, -0.2) is 9.59 Å². The zero-order valence-electron chi connectivity index (χ0n) is 16.8. The molecule has 2 atom stereocenters. The van der Waals surface area contributed by atoms with E-state index in [9.17, 15) is 19.8 Å². The quantitative estimate of drug-likeness (QED) is 0.310. The lowest BCUT2D eigenvalue weighted by Gasteiger charge is -2.06. The Labute approximate surface area is 170 Å². The molecule has 2 aromatic heterocycles. The van der Waals surface area contributed by atoms with E-state index in [1.54, 1.807) is 13.8 Å². The van der Waals surface area contributed by atoms with Gasteiger partial charge in [0.1, 0.15) is 11.1 Å². The van der Waals surface area contributed by atoms with Crippen molar-refractivity contribution in [2.24, 2.45) is 10.4 Å². The summed E-state index contributed by atoms with van der Waals surface area (Å²) in [5.74, 6) is -1.89. The lowest BCUT2D eigenvalue weighted by Crippen LogP contribution is -2.13. The van der Waals surface area contributed by atoms with Crippen LogP contribution in [0.25, 0.3) is 0 Å². The van der Waals surface area contributed by atoms with Crippen LogP contribution in [-0.2, 0) is 9.47 Å². The van der Waals surface area contributed by atoms with Gasteiger partial charge in [-0.3, -0.25) is 0 Å². The van der Waals surface area contributed by atoms with Gasteiger partial charge in [-0.05, 0) is 38.1 Å². The van der Waals surface area contributed by atoms with Crippen LogP contribution >= 0.6 is 0 Å². The summed E-state index contributed by atoms with van der Waals surface area (Å²) in [5.41, 5.74) is -0.162. The summed E-state index contributed by atoms with van der Waals surface area (Å²) in [6.45, 7) is 6.16. The number of hydrogen-bond acceptors (Lipinski definition) is 12. The fourth-order valence-corrected chi connectivity index (χ4v) is 2.06. The molecule has 2 aromatic rings. The molecule has 0 aliphatic rings. The first kappa shape index (κ1) is 22.8. The van der Waals surface area contributed by atoms with Gasteiger partial charge in [-0.1, -0.05) is 0 Å². The maximum absolute atomic E-state index is 12.0. The van der Waals surface area contributed by atoms with Crippen LogP contribution in [0.3, 0.4) is 0 Å². The predicted octanol–water partition coefficient (Wildman–Crippen LogP) is 0.546. The number of hydrogen-bond donors (Lipinski definition) is 2. The minimum Gasteiger partial charge on any atom is -0.462 e. The average molecular weight is 426 g/mol. The number of rotatable bonds is 10. The average Bonchev–Trinajstić information content (AvgIpc) is 3.23. The molecular weight excluding hydrogens is 404 g/mol. The highest BCUT2D eigenvalue weighted by molar-refractivity contribution is 5.92. The number of aromatic nitrogens is 4. The molecule has 14 heteroatoms.